The summed E-state index contributed by atoms with van der Waals surface area (Å²) in [6.07, 6.45) is 0.377. The zero-order valence-corrected chi connectivity index (χ0v) is 10.4. The fourth-order valence-corrected chi connectivity index (χ4v) is 2.19. The van der Waals surface area contributed by atoms with Crippen LogP contribution in [0.15, 0.2) is 35.4 Å². The Bertz CT molecular complexity index is 464. The van der Waals surface area contributed by atoms with E-state index >= 15 is 0 Å². The second-order valence-corrected chi connectivity index (χ2v) is 4.63. The molecule has 0 spiro atoms. The minimum atomic E-state index is -1.04. The Morgan fingerprint density at radius 2 is 2.22 bits per heavy atom. The number of hydrogen-bond acceptors (Lipinski definition) is 4. The first-order valence-corrected chi connectivity index (χ1v) is 5.97. The molecular weight excluding hydrogens is 254 g/mol. The lowest BCUT2D eigenvalue weighted by Gasteiger charge is -2.26. The van der Waals surface area contributed by atoms with Crippen LogP contribution >= 0.6 is 11.6 Å². The average Bonchev–Trinajstić information content (AvgIpc) is 2.70. The molecule has 1 aromatic carbocycles. The molecule has 1 aliphatic rings. The molecule has 0 amide bonds. The van der Waals surface area contributed by atoms with Gasteiger partial charge in [0.15, 0.2) is 0 Å². The van der Waals surface area contributed by atoms with Gasteiger partial charge in [0.1, 0.15) is 11.2 Å². The first-order chi connectivity index (χ1) is 8.58. The third-order valence-corrected chi connectivity index (χ3v) is 3.11. The van der Waals surface area contributed by atoms with Crippen molar-refractivity contribution in [1.82, 2.24) is 5.01 Å². The quantitative estimate of drug-likeness (QED) is 0.860. The van der Waals surface area contributed by atoms with Crippen molar-refractivity contribution in [2.75, 3.05) is 0 Å². The molecule has 0 unspecified atom stereocenters. The highest BCUT2D eigenvalue weighted by atomic mass is 35.5. The molecule has 3 N–H and O–H groups in total. The van der Waals surface area contributed by atoms with Gasteiger partial charge in [0, 0.05) is 6.42 Å². The Morgan fingerprint density at radius 1 is 1.56 bits per heavy atom. The number of carboxylic acids is 1. The minimum absolute atomic E-state index is 0.377. The summed E-state index contributed by atoms with van der Waals surface area (Å²) in [7, 11) is 0. The molecule has 0 saturated heterocycles. The number of benzene rings is 1. The van der Waals surface area contributed by atoms with Crippen molar-refractivity contribution in [2.45, 2.75) is 25.0 Å². The first-order valence-electron chi connectivity index (χ1n) is 5.60. The van der Waals surface area contributed by atoms with E-state index in [2.05, 4.69) is 5.10 Å². The second kappa shape index (κ2) is 5.37. The summed E-state index contributed by atoms with van der Waals surface area (Å²) in [4.78, 5) is 10.9. The minimum Gasteiger partial charge on any atom is -0.480 e. The molecule has 0 aliphatic carbocycles. The standard InChI is InChI=1S/C12H14ClN3O2/c13-10-6-9(11(14)12(17)18)16(15-10)7-8-4-2-1-3-5-8/h1-5,9,11H,6-7,14H2,(H,17,18)/t9-,11-/m0/s1. The van der Waals surface area contributed by atoms with Crippen molar-refractivity contribution < 1.29 is 9.90 Å². The second-order valence-electron chi connectivity index (χ2n) is 4.19. The van der Waals surface area contributed by atoms with Gasteiger partial charge in [-0.25, -0.2) is 0 Å². The lowest BCUT2D eigenvalue weighted by Crippen LogP contribution is -2.48. The number of halogens is 1. The Morgan fingerprint density at radius 3 is 2.83 bits per heavy atom. The number of nitrogens with two attached hydrogens (primary N) is 1. The van der Waals surface area contributed by atoms with Gasteiger partial charge in [-0.15, -0.1) is 0 Å². The molecule has 0 bridgehead atoms. The van der Waals surface area contributed by atoms with Gasteiger partial charge in [-0.2, -0.15) is 5.10 Å². The highest BCUT2D eigenvalue weighted by molar-refractivity contribution is 6.65. The summed E-state index contributed by atoms with van der Waals surface area (Å²) in [5, 5.41) is 15.2. The van der Waals surface area contributed by atoms with Crippen LogP contribution in [-0.2, 0) is 11.3 Å². The number of carboxylic acid groups (broad SMARTS) is 1. The van der Waals surface area contributed by atoms with Gasteiger partial charge in [0.2, 0.25) is 0 Å². The molecule has 0 saturated carbocycles. The molecule has 0 radical (unpaired) electrons. The molecule has 0 aromatic heterocycles. The van der Waals surface area contributed by atoms with Crippen molar-refractivity contribution in [3.8, 4) is 0 Å². The molecule has 18 heavy (non-hydrogen) atoms. The van der Waals surface area contributed by atoms with Crippen LogP contribution < -0.4 is 5.73 Å². The molecule has 6 heteroatoms. The van der Waals surface area contributed by atoms with E-state index in [0.29, 0.717) is 18.1 Å². The van der Waals surface area contributed by atoms with Crippen LogP contribution in [-0.4, -0.2) is 33.3 Å². The molecule has 2 rings (SSSR count). The monoisotopic (exact) mass is 267 g/mol. The van der Waals surface area contributed by atoms with E-state index in [1.165, 1.54) is 0 Å². The van der Waals surface area contributed by atoms with Crippen molar-refractivity contribution in [2.24, 2.45) is 10.8 Å². The van der Waals surface area contributed by atoms with Crippen molar-refractivity contribution in [1.29, 1.82) is 0 Å². The molecule has 2 atom stereocenters. The summed E-state index contributed by atoms with van der Waals surface area (Å²) < 4.78 is 0. The third-order valence-electron chi connectivity index (χ3n) is 2.88. The Balaban J connectivity index is 2.12. The van der Waals surface area contributed by atoms with Crippen LogP contribution in [0.5, 0.6) is 0 Å². The number of rotatable bonds is 4. The number of hydrogen-bond donors (Lipinski definition) is 2. The summed E-state index contributed by atoms with van der Waals surface area (Å²) in [6.45, 7) is 0.503. The van der Waals surface area contributed by atoms with E-state index in [1.54, 1.807) is 5.01 Å². The number of carbonyl (C=O) groups is 1. The van der Waals surface area contributed by atoms with Gasteiger partial charge in [-0.1, -0.05) is 41.9 Å². The van der Waals surface area contributed by atoms with E-state index in [4.69, 9.17) is 22.4 Å². The van der Waals surface area contributed by atoms with Crippen molar-refractivity contribution in [3.05, 3.63) is 35.9 Å². The van der Waals surface area contributed by atoms with Crippen LogP contribution in [0, 0.1) is 0 Å². The topological polar surface area (TPSA) is 78.9 Å². The van der Waals surface area contributed by atoms with E-state index in [0.717, 1.165) is 5.56 Å². The van der Waals surface area contributed by atoms with Gasteiger partial charge in [0.05, 0.1) is 12.6 Å². The van der Waals surface area contributed by atoms with Gasteiger partial charge < -0.3 is 10.8 Å². The number of hydrazone groups is 1. The molecule has 0 fully saturated rings. The highest BCUT2D eigenvalue weighted by Gasteiger charge is 2.34. The van der Waals surface area contributed by atoms with Crippen LogP contribution in [0.3, 0.4) is 0 Å². The van der Waals surface area contributed by atoms with Crippen molar-refractivity contribution >= 4 is 22.7 Å². The summed E-state index contributed by atoms with van der Waals surface area (Å²) >= 11 is 5.88. The predicted molar refractivity (Wildman–Crippen MR) is 69.3 cm³/mol. The average molecular weight is 268 g/mol. The van der Waals surface area contributed by atoms with E-state index in [1.807, 2.05) is 30.3 Å². The lowest BCUT2D eigenvalue weighted by atomic mass is 10.1. The number of aliphatic carboxylic acids is 1. The number of nitrogens with zero attached hydrogens (tertiary/aromatic N) is 2. The van der Waals surface area contributed by atoms with Crippen LogP contribution in [0.4, 0.5) is 0 Å². The van der Waals surface area contributed by atoms with E-state index < -0.39 is 18.1 Å². The van der Waals surface area contributed by atoms with Gasteiger partial charge in [-0.05, 0) is 5.56 Å². The molecule has 1 aliphatic heterocycles. The van der Waals surface area contributed by atoms with Crippen LogP contribution in [0.25, 0.3) is 0 Å². The Kier molecular flexibility index (Phi) is 3.84. The normalized spacial score (nSPS) is 20.7. The molecule has 1 aromatic rings. The zero-order chi connectivity index (χ0) is 13.1. The van der Waals surface area contributed by atoms with Crippen LogP contribution in [0.2, 0.25) is 0 Å². The van der Waals surface area contributed by atoms with E-state index in [-0.39, 0.29) is 0 Å². The largest absolute Gasteiger partial charge is 0.480 e. The Hall–Kier alpha value is -1.59. The summed E-state index contributed by atoms with van der Waals surface area (Å²) in [6, 6.07) is 8.27. The van der Waals surface area contributed by atoms with E-state index in [9.17, 15) is 4.79 Å². The fraction of sp³-hybridized carbons (Fsp3) is 0.333. The summed E-state index contributed by atoms with van der Waals surface area (Å²) in [5.41, 5.74) is 6.69. The van der Waals surface area contributed by atoms with Gasteiger partial charge in [-0.3, -0.25) is 9.80 Å². The molecular formula is C12H14ClN3O2. The maximum atomic E-state index is 10.9. The van der Waals surface area contributed by atoms with Crippen molar-refractivity contribution in [3.63, 3.8) is 0 Å². The third kappa shape index (κ3) is 2.80. The molecule has 1 heterocycles. The fourth-order valence-electron chi connectivity index (χ4n) is 1.93. The summed E-state index contributed by atoms with van der Waals surface area (Å²) in [5.74, 6) is -1.04. The first kappa shape index (κ1) is 12.9. The van der Waals surface area contributed by atoms with Gasteiger partial charge in [0.25, 0.3) is 0 Å². The molecule has 96 valence electrons. The maximum Gasteiger partial charge on any atom is 0.322 e. The van der Waals surface area contributed by atoms with Crippen LogP contribution in [0.1, 0.15) is 12.0 Å². The highest BCUT2D eigenvalue weighted by Crippen LogP contribution is 2.22. The van der Waals surface area contributed by atoms with Gasteiger partial charge >= 0.3 is 5.97 Å². The lowest BCUT2D eigenvalue weighted by molar-refractivity contribution is -0.140. The predicted octanol–water partition coefficient (Wildman–Crippen LogP) is 1.23. The zero-order valence-electron chi connectivity index (χ0n) is 9.66. The molecule has 5 nitrogen and oxygen atoms in total. The maximum absolute atomic E-state index is 10.9. The Labute approximate surface area is 110 Å². The smallest absolute Gasteiger partial charge is 0.322 e. The SMILES string of the molecule is N[C@H](C(=O)O)[C@@H]1CC(Cl)=NN1Cc1ccccc1.